The van der Waals surface area contributed by atoms with Crippen LogP contribution in [0.25, 0.3) is 0 Å². The van der Waals surface area contributed by atoms with Crippen LogP contribution in [0.15, 0.2) is 0 Å². The van der Waals surface area contributed by atoms with Crippen LogP contribution < -0.4 is 10.6 Å². The van der Waals surface area contributed by atoms with Crippen LogP contribution >= 0.6 is 0 Å². The largest absolute Gasteiger partial charge is 0.317 e. The molecule has 0 radical (unpaired) electrons. The van der Waals surface area contributed by atoms with Crippen LogP contribution in [0.4, 0.5) is 0 Å². The first-order valence-electron chi connectivity index (χ1n) is 5.02. The van der Waals surface area contributed by atoms with E-state index in [-0.39, 0.29) is 0 Å². The quantitative estimate of drug-likeness (QED) is 0.616. The Morgan fingerprint density at radius 3 is 2.08 bits per heavy atom. The lowest BCUT2D eigenvalue weighted by atomic mass is 9.85. The number of nitrogens with one attached hydrogen (secondary N) is 2. The molecule has 0 aliphatic carbocycles. The fraction of sp³-hybridized carbons (Fsp3) is 1.00. The summed E-state index contributed by atoms with van der Waals surface area (Å²) in [4.78, 5) is 0. The maximum Gasteiger partial charge on any atom is 0.0173 e. The van der Waals surface area contributed by atoms with Crippen LogP contribution in [-0.4, -0.2) is 24.2 Å². The van der Waals surface area contributed by atoms with Crippen molar-refractivity contribution in [1.82, 2.24) is 10.6 Å². The molecule has 70 valence electrons. The standard InChI is InChI=1S/C10H20N2/c1-9-4-5-10(2,12-9)7-8(6-9)11-3/h8,11-12H,4-7H2,1-3H3/t8?,9-,10+. The van der Waals surface area contributed by atoms with Gasteiger partial charge >= 0.3 is 0 Å². The van der Waals surface area contributed by atoms with Crippen molar-refractivity contribution in [2.75, 3.05) is 7.05 Å². The first-order chi connectivity index (χ1) is 5.55. The van der Waals surface area contributed by atoms with Gasteiger partial charge in [0.25, 0.3) is 0 Å². The summed E-state index contributed by atoms with van der Waals surface area (Å²) in [5.41, 5.74) is 0.835. The summed E-state index contributed by atoms with van der Waals surface area (Å²) in [6.45, 7) is 4.73. The molecule has 3 atom stereocenters. The highest BCUT2D eigenvalue weighted by atomic mass is 15.1. The Morgan fingerprint density at radius 1 is 1.17 bits per heavy atom. The third-order valence-electron chi connectivity index (χ3n) is 3.63. The molecule has 1 unspecified atom stereocenters. The number of fused-ring (bicyclic) bond motifs is 2. The maximum atomic E-state index is 3.77. The Labute approximate surface area is 75.1 Å². The SMILES string of the molecule is CNC1C[C@]2(C)CC[C@](C)(C1)N2. The van der Waals surface area contributed by atoms with E-state index >= 15 is 0 Å². The summed E-state index contributed by atoms with van der Waals surface area (Å²) in [6, 6.07) is 0.726. The van der Waals surface area contributed by atoms with Crippen molar-refractivity contribution in [3.05, 3.63) is 0 Å². The summed E-state index contributed by atoms with van der Waals surface area (Å²) in [7, 11) is 2.09. The van der Waals surface area contributed by atoms with Gasteiger partial charge in [0, 0.05) is 17.1 Å². The fourth-order valence-electron chi connectivity index (χ4n) is 3.08. The van der Waals surface area contributed by atoms with E-state index in [1.807, 2.05) is 0 Å². The van der Waals surface area contributed by atoms with Crippen molar-refractivity contribution in [2.24, 2.45) is 0 Å². The van der Waals surface area contributed by atoms with Crippen LogP contribution in [0.1, 0.15) is 39.5 Å². The van der Waals surface area contributed by atoms with Crippen LogP contribution in [0.5, 0.6) is 0 Å². The topological polar surface area (TPSA) is 24.1 Å². The monoisotopic (exact) mass is 168 g/mol. The Kier molecular flexibility index (Phi) is 1.74. The summed E-state index contributed by atoms with van der Waals surface area (Å²) in [6.07, 6.45) is 5.28. The van der Waals surface area contributed by atoms with Crippen LogP contribution in [0.2, 0.25) is 0 Å². The molecule has 2 nitrogen and oxygen atoms in total. The van der Waals surface area contributed by atoms with E-state index < -0.39 is 0 Å². The minimum absolute atomic E-state index is 0.417. The van der Waals surface area contributed by atoms with Gasteiger partial charge in [0.05, 0.1) is 0 Å². The molecule has 2 rings (SSSR count). The summed E-state index contributed by atoms with van der Waals surface area (Å²) >= 11 is 0. The van der Waals surface area contributed by atoms with Crippen LogP contribution in [0.3, 0.4) is 0 Å². The molecule has 2 aliphatic heterocycles. The van der Waals surface area contributed by atoms with E-state index in [2.05, 4.69) is 31.5 Å². The molecule has 2 saturated heterocycles. The van der Waals surface area contributed by atoms with Gasteiger partial charge in [-0.05, 0) is 46.6 Å². The normalized spacial score (nSPS) is 52.8. The van der Waals surface area contributed by atoms with E-state index in [4.69, 9.17) is 0 Å². The first-order valence-corrected chi connectivity index (χ1v) is 5.02. The third kappa shape index (κ3) is 1.27. The zero-order valence-electron chi connectivity index (χ0n) is 8.41. The van der Waals surface area contributed by atoms with Crippen LogP contribution in [0, 0.1) is 0 Å². The minimum Gasteiger partial charge on any atom is -0.317 e. The highest BCUT2D eigenvalue weighted by Crippen LogP contribution is 2.41. The van der Waals surface area contributed by atoms with Crippen molar-refractivity contribution >= 4 is 0 Å². The predicted molar refractivity (Wildman–Crippen MR) is 51.3 cm³/mol. The lowest BCUT2D eigenvalue weighted by molar-refractivity contribution is 0.195. The lowest BCUT2D eigenvalue weighted by Crippen LogP contribution is -2.57. The molecule has 2 heteroatoms. The van der Waals surface area contributed by atoms with Crippen molar-refractivity contribution in [1.29, 1.82) is 0 Å². The van der Waals surface area contributed by atoms with Crippen molar-refractivity contribution in [3.63, 3.8) is 0 Å². The minimum atomic E-state index is 0.417. The molecule has 0 aromatic heterocycles. The average molecular weight is 168 g/mol. The molecule has 0 aromatic rings. The van der Waals surface area contributed by atoms with E-state index in [9.17, 15) is 0 Å². The molecule has 0 spiro atoms. The first kappa shape index (κ1) is 8.52. The fourth-order valence-corrected chi connectivity index (χ4v) is 3.08. The zero-order chi connectivity index (χ0) is 8.82. The van der Waals surface area contributed by atoms with Gasteiger partial charge in [0.15, 0.2) is 0 Å². The molecule has 12 heavy (non-hydrogen) atoms. The molecule has 0 saturated carbocycles. The predicted octanol–water partition coefficient (Wildman–Crippen LogP) is 1.27. The van der Waals surface area contributed by atoms with Gasteiger partial charge in [-0.25, -0.2) is 0 Å². The van der Waals surface area contributed by atoms with Gasteiger partial charge in [-0.1, -0.05) is 0 Å². The summed E-state index contributed by atoms with van der Waals surface area (Å²) in [5.74, 6) is 0. The van der Waals surface area contributed by atoms with Gasteiger partial charge in [-0.15, -0.1) is 0 Å². The second-order valence-corrected chi connectivity index (χ2v) is 5.14. The number of hydrogen-bond acceptors (Lipinski definition) is 2. The molecular weight excluding hydrogens is 148 g/mol. The van der Waals surface area contributed by atoms with Crippen molar-refractivity contribution in [3.8, 4) is 0 Å². The molecular formula is C10H20N2. The highest BCUT2D eigenvalue weighted by molar-refractivity contribution is 5.09. The molecule has 2 N–H and O–H groups in total. The Balaban J connectivity index is 2.16. The number of hydrogen-bond donors (Lipinski definition) is 2. The Hall–Kier alpha value is -0.0800. The summed E-state index contributed by atoms with van der Waals surface area (Å²) in [5, 5.41) is 7.18. The number of rotatable bonds is 1. The van der Waals surface area contributed by atoms with Gasteiger partial charge in [0.1, 0.15) is 0 Å². The van der Waals surface area contributed by atoms with Gasteiger partial charge < -0.3 is 10.6 Å². The second-order valence-electron chi connectivity index (χ2n) is 5.14. The smallest absolute Gasteiger partial charge is 0.0173 e. The highest BCUT2D eigenvalue weighted by Gasteiger charge is 2.47. The zero-order valence-corrected chi connectivity index (χ0v) is 8.41. The number of piperidine rings is 1. The van der Waals surface area contributed by atoms with E-state index in [0.717, 1.165) is 6.04 Å². The molecule has 2 aliphatic rings. The molecule has 2 heterocycles. The Morgan fingerprint density at radius 2 is 1.67 bits per heavy atom. The van der Waals surface area contributed by atoms with Gasteiger partial charge in [0.2, 0.25) is 0 Å². The van der Waals surface area contributed by atoms with Crippen molar-refractivity contribution in [2.45, 2.75) is 56.7 Å². The lowest BCUT2D eigenvalue weighted by Gasteiger charge is -2.41. The molecule has 0 amide bonds. The second kappa shape index (κ2) is 2.46. The van der Waals surface area contributed by atoms with E-state index in [1.165, 1.54) is 25.7 Å². The Bertz CT molecular complexity index is 174. The van der Waals surface area contributed by atoms with Gasteiger partial charge in [-0.2, -0.15) is 0 Å². The molecule has 2 fully saturated rings. The maximum absolute atomic E-state index is 3.77. The summed E-state index contributed by atoms with van der Waals surface area (Å²) < 4.78 is 0. The molecule has 0 aromatic carbocycles. The van der Waals surface area contributed by atoms with E-state index in [0.29, 0.717) is 11.1 Å². The average Bonchev–Trinajstić information content (AvgIpc) is 2.20. The van der Waals surface area contributed by atoms with E-state index in [1.54, 1.807) is 0 Å². The van der Waals surface area contributed by atoms with Crippen molar-refractivity contribution < 1.29 is 0 Å². The molecule has 2 bridgehead atoms. The van der Waals surface area contributed by atoms with Crippen LogP contribution in [-0.2, 0) is 0 Å². The third-order valence-corrected chi connectivity index (χ3v) is 3.63. The van der Waals surface area contributed by atoms with Gasteiger partial charge in [-0.3, -0.25) is 0 Å².